The molecule has 38 heavy (non-hydrogen) atoms. The molecule has 0 radical (unpaired) electrons. The zero-order valence-electron chi connectivity index (χ0n) is 20.4. The molecule has 0 spiro atoms. The average molecular weight is 559 g/mol. The molecule has 200 valence electrons. The Kier molecular flexibility index (Phi) is 9.29. The van der Waals surface area contributed by atoms with E-state index in [0.717, 1.165) is 18.4 Å². The van der Waals surface area contributed by atoms with Crippen molar-refractivity contribution in [3.63, 3.8) is 0 Å². The molecule has 10 nitrogen and oxygen atoms in total. The summed E-state index contributed by atoms with van der Waals surface area (Å²) < 4.78 is 39.3. The van der Waals surface area contributed by atoms with E-state index in [1.165, 1.54) is 34.8 Å². The van der Waals surface area contributed by atoms with Gasteiger partial charge in [-0.3, -0.25) is 9.59 Å². The number of sulfonamides is 1. The molecule has 3 aromatic rings. The first kappa shape index (κ1) is 27.5. The van der Waals surface area contributed by atoms with Crippen LogP contribution in [-0.4, -0.2) is 50.0 Å². The fraction of sp³-hybridized carbons (Fsp3) is 0.269. The van der Waals surface area contributed by atoms with Gasteiger partial charge in [0.1, 0.15) is 11.5 Å². The number of carbonyl (C=O) groups excluding carboxylic acids is 2. The van der Waals surface area contributed by atoms with Crippen LogP contribution >= 0.6 is 11.6 Å². The number of nitrogens with one attached hydrogen (secondary N) is 2. The first-order valence-electron chi connectivity index (χ1n) is 11.9. The van der Waals surface area contributed by atoms with E-state index in [1.54, 1.807) is 12.1 Å². The minimum absolute atomic E-state index is 0.0499. The first-order valence-corrected chi connectivity index (χ1v) is 13.7. The van der Waals surface area contributed by atoms with Crippen molar-refractivity contribution in [1.29, 1.82) is 0 Å². The van der Waals surface area contributed by atoms with Crippen LogP contribution in [0.2, 0.25) is 5.02 Å². The molecule has 2 N–H and O–H groups in total. The normalized spacial score (nSPS) is 15.7. The number of halogens is 1. The van der Waals surface area contributed by atoms with Crippen LogP contribution in [0.25, 0.3) is 0 Å². The Hall–Kier alpha value is -3.51. The van der Waals surface area contributed by atoms with Crippen molar-refractivity contribution in [2.45, 2.75) is 36.9 Å². The smallest absolute Gasteiger partial charge is 0.329 e. The predicted octanol–water partition coefficient (Wildman–Crippen LogP) is 3.07. The maximum Gasteiger partial charge on any atom is 0.329 e. The highest BCUT2D eigenvalue weighted by atomic mass is 35.5. The van der Waals surface area contributed by atoms with E-state index >= 15 is 0 Å². The number of furan rings is 1. The fourth-order valence-electron chi connectivity index (χ4n) is 3.79. The molecule has 0 bridgehead atoms. The largest absolute Gasteiger partial charge is 0.459 e. The summed E-state index contributed by atoms with van der Waals surface area (Å²) in [7, 11) is -3.88. The Balaban J connectivity index is 1.39. The second-order valence-electron chi connectivity index (χ2n) is 8.56. The highest BCUT2D eigenvalue weighted by Crippen LogP contribution is 2.23. The predicted molar refractivity (Wildman–Crippen MR) is 141 cm³/mol. The zero-order chi connectivity index (χ0) is 27.0. The van der Waals surface area contributed by atoms with E-state index in [1.807, 2.05) is 30.3 Å². The highest BCUT2D eigenvalue weighted by molar-refractivity contribution is 7.89. The van der Waals surface area contributed by atoms with Gasteiger partial charge in [0.2, 0.25) is 10.0 Å². The van der Waals surface area contributed by atoms with Crippen molar-refractivity contribution in [3.8, 4) is 0 Å². The number of hydrogen-bond acceptors (Lipinski definition) is 7. The molecule has 1 aromatic heterocycles. The summed E-state index contributed by atoms with van der Waals surface area (Å²) >= 11 is 5.94. The van der Waals surface area contributed by atoms with Crippen LogP contribution in [0.15, 0.2) is 81.1 Å². The van der Waals surface area contributed by atoms with E-state index in [-0.39, 0.29) is 36.4 Å². The topological polar surface area (TPSA) is 130 Å². The summed E-state index contributed by atoms with van der Waals surface area (Å²) in [5.74, 6) is -1.11. The summed E-state index contributed by atoms with van der Waals surface area (Å²) in [4.78, 5) is 23.9. The first-order chi connectivity index (χ1) is 18.3. The molecule has 1 saturated heterocycles. The van der Waals surface area contributed by atoms with E-state index in [2.05, 4.69) is 15.8 Å². The van der Waals surface area contributed by atoms with Crippen LogP contribution in [0.4, 0.5) is 0 Å². The standard InChI is InChI=1S/C26H27ClN4O6S/c27-20-8-12-24(13-9-20)38(34,35)31(17-19-5-2-1-3-6-19)18-23-11-10-22(37-23)16-29-30-26(33)25(32)28-15-21-7-4-14-36-21/h1-3,5-6,8-13,16,21H,4,7,14-15,17-18H2,(H,28,32)(H,30,33)/b29-16+/t21-/m1/s1. The van der Waals surface area contributed by atoms with E-state index in [4.69, 9.17) is 20.8 Å². The third kappa shape index (κ3) is 7.51. The molecule has 2 heterocycles. The van der Waals surface area contributed by atoms with Gasteiger partial charge in [-0.15, -0.1) is 0 Å². The van der Waals surface area contributed by atoms with Gasteiger partial charge in [0.05, 0.1) is 23.8 Å². The number of ether oxygens (including phenoxy) is 1. The van der Waals surface area contributed by atoms with Crippen LogP contribution in [-0.2, 0) is 37.4 Å². The molecule has 1 aliphatic heterocycles. The Morgan fingerprint density at radius 1 is 1.03 bits per heavy atom. The number of hydrazone groups is 1. The molecule has 0 saturated carbocycles. The van der Waals surface area contributed by atoms with Crippen molar-refractivity contribution >= 4 is 39.7 Å². The van der Waals surface area contributed by atoms with Gasteiger partial charge in [-0.25, -0.2) is 13.8 Å². The quantitative estimate of drug-likeness (QED) is 0.223. The van der Waals surface area contributed by atoms with Crippen molar-refractivity contribution < 1.29 is 27.2 Å². The number of rotatable bonds is 10. The summed E-state index contributed by atoms with van der Waals surface area (Å²) in [5.41, 5.74) is 2.94. The Labute approximate surface area is 225 Å². The summed E-state index contributed by atoms with van der Waals surface area (Å²) in [6.45, 7) is 0.980. The molecule has 4 rings (SSSR count). The van der Waals surface area contributed by atoms with Gasteiger partial charge in [0, 0.05) is 24.7 Å². The Bertz CT molecular complexity index is 1370. The second-order valence-corrected chi connectivity index (χ2v) is 10.9. The van der Waals surface area contributed by atoms with Crippen LogP contribution in [0, 0.1) is 0 Å². The van der Waals surface area contributed by atoms with Gasteiger partial charge in [-0.1, -0.05) is 41.9 Å². The van der Waals surface area contributed by atoms with Crippen LogP contribution < -0.4 is 10.7 Å². The molecule has 2 aromatic carbocycles. The molecule has 1 atom stereocenters. The van der Waals surface area contributed by atoms with Gasteiger partial charge in [-0.2, -0.15) is 9.41 Å². The number of amides is 2. The van der Waals surface area contributed by atoms with Crippen molar-refractivity contribution in [3.05, 3.63) is 88.8 Å². The SMILES string of the molecule is O=C(NC[C@H]1CCCO1)C(=O)N/N=C/c1ccc(CN(Cc2ccccc2)S(=O)(=O)c2ccc(Cl)cc2)o1. The molecule has 0 aliphatic carbocycles. The average Bonchev–Trinajstić information content (AvgIpc) is 3.60. The fourth-order valence-corrected chi connectivity index (χ4v) is 5.31. The molecule has 1 aliphatic rings. The summed E-state index contributed by atoms with van der Waals surface area (Å²) in [6.07, 6.45) is 2.91. The monoisotopic (exact) mass is 558 g/mol. The number of nitrogens with zero attached hydrogens (tertiary/aromatic N) is 2. The number of benzene rings is 2. The lowest BCUT2D eigenvalue weighted by Gasteiger charge is -2.21. The van der Waals surface area contributed by atoms with Gasteiger partial charge >= 0.3 is 11.8 Å². The lowest BCUT2D eigenvalue weighted by molar-refractivity contribution is -0.139. The number of hydrogen-bond donors (Lipinski definition) is 2. The van der Waals surface area contributed by atoms with Crippen molar-refractivity contribution in [2.75, 3.05) is 13.2 Å². The van der Waals surface area contributed by atoms with E-state index < -0.39 is 21.8 Å². The molecular formula is C26H27ClN4O6S. The number of carbonyl (C=O) groups is 2. The third-order valence-electron chi connectivity index (χ3n) is 5.75. The maximum atomic E-state index is 13.4. The second kappa shape index (κ2) is 12.8. The minimum atomic E-state index is -3.88. The molecule has 1 fully saturated rings. The lowest BCUT2D eigenvalue weighted by atomic mass is 10.2. The summed E-state index contributed by atoms with van der Waals surface area (Å²) in [5, 5.41) is 6.69. The third-order valence-corrected chi connectivity index (χ3v) is 7.80. The lowest BCUT2D eigenvalue weighted by Crippen LogP contribution is -2.41. The maximum absolute atomic E-state index is 13.4. The molecule has 12 heteroatoms. The highest BCUT2D eigenvalue weighted by Gasteiger charge is 2.26. The van der Waals surface area contributed by atoms with E-state index in [9.17, 15) is 18.0 Å². The van der Waals surface area contributed by atoms with Crippen LogP contribution in [0.3, 0.4) is 0 Å². The van der Waals surface area contributed by atoms with Gasteiger partial charge < -0.3 is 14.5 Å². The Morgan fingerprint density at radius 3 is 2.50 bits per heavy atom. The molecule has 2 amide bonds. The van der Waals surface area contributed by atoms with Gasteiger partial charge in [0.25, 0.3) is 0 Å². The van der Waals surface area contributed by atoms with Crippen molar-refractivity contribution in [2.24, 2.45) is 5.10 Å². The van der Waals surface area contributed by atoms with Crippen LogP contribution in [0.5, 0.6) is 0 Å². The molecular weight excluding hydrogens is 532 g/mol. The molecule has 0 unspecified atom stereocenters. The van der Waals surface area contributed by atoms with E-state index in [0.29, 0.717) is 17.4 Å². The Morgan fingerprint density at radius 2 is 1.79 bits per heavy atom. The zero-order valence-corrected chi connectivity index (χ0v) is 22.0. The van der Waals surface area contributed by atoms with Gasteiger partial charge in [0.15, 0.2) is 0 Å². The van der Waals surface area contributed by atoms with Gasteiger partial charge in [-0.05, 0) is 54.8 Å². The van der Waals surface area contributed by atoms with Crippen molar-refractivity contribution in [1.82, 2.24) is 15.0 Å². The van der Waals surface area contributed by atoms with Crippen LogP contribution in [0.1, 0.15) is 29.9 Å². The minimum Gasteiger partial charge on any atom is -0.459 e. The summed E-state index contributed by atoms with van der Waals surface area (Å²) in [6, 6.07) is 18.3.